The van der Waals surface area contributed by atoms with Crippen LogP contribution in [0.25, 0.3) is 22.5 Å². The molecule has 1 aliphatic rings. The molecule has 0 aromatic carbocycles. The molecule has 4 aromatic rings. The van der Waals surface area contributed by atoms with Crippen molar-refractivity contribution < 1.29 is 4.79 Å². The van der Waals surface area contributed by atoms with Gasteiger partial charge in [-0.05, 0) is 44.6 Å². The number of nitrogens with zero attached hydrogens (tertiary/aromatic N) is 9. The summed E-state index contributed by atoms with van der Waals surface area (Å²) in [6, 6.07) is 7.33. The molecule has 1 atom stereocenters. The number of carbonyl (C=O) groups is 1. The number of aromatic nitrogens is 7. The van der Waals surface area contributed by atoms with Crippen molar-refractivity contribution in [2.24, 2.45) is 5.92 Å². The summed E-state index contributed by atoms with van der Waals surface area (Å²) in [7, 11) is 0. The molecule has 0 aliphatic heterocycles. The third-order valence-electron chi connectivity index (χ3n) is 6.64. The molecule has 36 heavy (non-hydrogen) atoms. The molecule has 11 heteroatoms. The second-order valence-corrected chi connectivity index (χ2v) is 9.07. The number of rotatable bonds is 7. The predicted molar refractivity (Wildman–Crippen MR) is 130 cm³/mol. The molecule has 0 radical (unpaired) electrons. The topological polar surface area (TPSA) is 151 Å². The Labute approximate surface area is 207 Å². The Balaban J connectivity index is 1.46. The van der Waals surface area contributed by atoms with Crippen LogP contribution in [0, 0.1) is 28.6 Å². The summed E-state index contributed by atoms with van der Waals surface area (Å²) >= 11 is 0. The molecule has 0 saturated heterocycles. The van der Waals surface area contributed by atoms with E-state index in [-0.39, 0.29) is 0 Å². The van der Waals surface area contributed by atoms with Crippen LogP contribution in [0.2, 0.25) is 0 Å². The Morgan fingerprint density at radius 1 is 1.17 bits per heavy atom. The van der Waals surface area contributed by atoms with Gasteiger partial charge >= 0.3 is 0 Å². The normalized spacial score (nSPS) is 18.3. The Bertz CT molecular complexity index is 1480. The van der Waals surface area contributed by atoms with Crippen LogP contribution in [-0.2, 0) is 4.79 Å². The van der Waals surface area contributed by atoms with Crippen molar-refractivity contribution in [2.75, 3.05) is 5.32 Å². The van der Waals surface area contributed by atoms with Gasteiger partial charge in [0.15, 0.2) is 11.5 Å². The number of aldehydes is 1. The Kier molecular flexibility index (Phi) is 6.37. The quantitative estimate of drug-likeness (QED) is 0.392. The summed E-state index contributed by atoms with van der Waals surface area (Å²) in [5, 5.41) is 35.6. The largest absolute Gasteiger partial charge is 0.368 e. The smallest absolute Gasteiger partial charge is 0.164 e. The van der Waals surface area contributed by atoms with E-state index in [4.69, 9.17) is 5.26 Å². The lowest BCUT2D eigenvalue weighted by atomic mass is 9.79. The SMILES string of the molecule is C[C@H](C#N)Nc1cc(-n2ncc3cc(C#N)cnc32)ncc1-n1cc([C@H]2CC[C@H](CC=O)CC2)nn1. The van der Waals surface area contributed by atoms with E-state index in [1.54, 1.807) is 40.8 Å². The molecule has 11 nitrogen and oxygen atoms in total. The van der Waals surface area contributed by atoms with Gasteiger partial charge in [0.2, 0.25) is 0 Å². The summed E-state index contributed by atoms with van der Waals surface area (Å²) in [4.78, 5) is 19.8. The first-order chi connectivity index (χ1) is 17.6. The standard InChI is InChI=1S/C25H24N10O/c1-16(10-26)31-21-9-24(35-25-20(13-30-35)8-18(11-27)12-29-25)28-14-23(21)34-15-22(32-33-34)19-4-2-17(3-5-19)6-7-36/h7-9,12-17,19H,2-6H2,1H3,(H,28,31)/t16-,17-,19-/m1/s1. The molecule has 5 rings (SSSR count). The van der Waals surface area contributed by atoms with E-state index in [1.807, 2.05) is 6.20 Å². The van der Waals surface area contributed by atoms with Crippen molar-refractivity contribution in [1.82, 2.24) is 34.7 Å². The molecule has 4 aromatic heterocycles. The van der Waals surface area contributed by atoms with Gasteiger partial charge < -0.3 is 10.1 Å². The summed E-state index contributed by atoms with van der Waals surface area (Å²) in [5.41, 5.74) is 3.25. The minimum absolute atomic E-state index is 0.308. The van der Waals surface area contributed by atoms with E-state index in [9.17, 15) is 10.1 Å². The molecule has 0 spiro atoms. The Morgan fingerprint density at radius 2 is 2.00 bits per heavy atom. The molecular weight excluding hydrogens is 456 g/mol. The van der Waals surface area contributed by atoms with Crippen molar-refractivity contribution in [3.63, 3.8) is 0 Å². The average molecular weight is 481 g/mol. The third-order valence-corrected chi connectivity index (χ3v) is 6.64. The zero-order valence-corrected chi connectivity index (χ0v) is 19.7. The first kappa shape index (κ1) is 23.1. The monoisotopic (exact) mass is 480 g/mol. The maximum Gasteiger partial charge on any atom is 0.164 e. The van der Waals surface area contributed by atoms with E-state index < -0.39 is 6.04 Å². The van der Waals surface area contributed by atoms with Crippen LogP contribution in [0.15, 0.2) is 36.9 Å². The van der Waals surface area contributed by atoms with Crippen LogP contribution in [-0.4, -0.2) is 47.1 Å². The summed E-state index contributed by atoms with van der Waals surface area (Å²) in [6.07, 6.45) is 12.4. The van der Waals surface area contributed by atoms with Crippen molar-refractivity contribution in [3.8, 4) is 23.6 Å². The van der Waals surface area contributed by atoms with Gasteiger partial charge in [0.25, 0.3) is 0 Å². The summed E-state index contributed by atoms with van der Waals surface area (Å²) in [5.74, 6) is 1.28. The maximum absolute atomic E-state index is 10.8. The third kappa shape index (κ3) is 4.51. The van der Waals surface area contributed by atoms with Crippen molar-refractivity contribution in [1.29, 1.82) is 10.5 Å². The van der Waals surface area contributed by atoms with Gasteiger partial charge in [-0.2, -0.15) is 20.3 Å². The number of hydrogen-bond donors (Lipinski definition) is 1. The minimum atomic E-state index is -0.458. The van der Waals surface area contributed by atoms with Crippen LogP contribution in [0.5, 0.6) is 0 Å². The van der Waals surface area contributed by atoms with E-state index in [0.29, 0.717) is 46.7 Å². The lowest BCUT2D eigenvalue weighted by Crippen LogP contribution is -2.15. The maximum atomic E-state index is 10.8. The zero-order chi connectivity index (χ0) is 25.1. The van der Waals surface area contributed by atoms with Crippen LogP contribution < -0.4 is 5.32 Å². The number of fused-ring (bicyclic) bond motifs is 1. The average Bonchev–Trinajstić information content (AvgIpc) is 3.56. The molecular formula is C25H24N10O. The van der Waals surface area contributed by atoms with Crippen LogP contribution in [0.1, 0.15) is 56.2 Å². The first-order valence-electron chi connectivity index (χ1n) is 11.9. The van der Waals surface area contributed by atoms with Gasteiger partial charge in [0.05, 0.1) is 41.6 Å². The molecule has 1 saturated carbocycles. The summed E-state index contributed by atoms with van der Waals surface area (Å²) < 4.78 is 3.27. The highest BCUT2D eigenvalue weighted by Crippen LogP contribution is 2.36. The molecule has 1 N–H and O–H groups in total. The van der Waals surface area contributed by atoms with Crippen molar-refractivity contribution in [3.05, 3.63) is 48.2 Å². The predicted octanol–water partition coefficient (Wildman–Crippen LogP) is 3.45. The van der Waals surface area contributed by atoms with E-state index in [2.05, 4.69) is 42.8 Å². The Morgan fingerprint density at radius 3 is 2.75 bits per heavy atom. The number of nitriles is 2. The molecule has 4 heterocycles. The van der Waals surface area contributed by atoms with Gasteiger partial charge in [0, 0.05) is 30.0 Å². The number of hydrogen-bond acceptors (Lipinski definition) is 9. The van der Waals surface area contributed by atoms with Crippen LogP contribution in [0.4, 0.5) is 5.69 Å². The number of carbonyl (C=O) groups excluding carboxylic acids is 1. The fraction of sp³-hybridized carbons (Fsp3) is 0.360. The molecule has 1 aliphatic carbocycles. The Hall–Kier alpha value is -4.64. The molecule has 0 bridgehead atoms. The van der Waals surface area contributed by atoms with E-state index in [1.165, 1.54) is 6.20 Å². The second-order valence-electron chi connectivity index (χ2n) is 9.07. The van der Waals surface area contributed by atoms with E-state index >= 15 is 0 Å². The molecule has 180 valence electrons. The molecule has 1 fully saturated rings. The van der Waals surface area contributed by atoms with Crippen LogP contribution in [0.3, 0.4) is 0 Å². The lowest BCUT2D eigenvalue weighted by molar-refractivity contribution is -0.108. The van der Waals surface area contributed by atoms with Crippen molar-refractivity contribution in [2.45, 2.75) is 51.0 Å². The minimum Gasteiger partial charge on any atom is -0.368 e. The number of pyridine rings is 2. The van der Waals surface area contributed by atoms with Gasteiger partial charge in [-0.1, -0.05) is 5.21 Å². The van der Waals surface area contributed by atoms with Gasteiger partial charge in [0.1, 0.15) is 24.1 Å². The summed E-state index contributed by atoms with van der Waals surface area (Å²) in [6.45, 7) is 1.77. The van der Waals surface area contributed by atoms with Gasteiger partial charge in [-0.25, -0.2) is 14.6 Å². The van der Waals surface area contributed by atoms with Gasteiger partial charge in [-0.3, -0.25) is 0 Å². The van der Waals surface area contributed by atoms with Gasteiger partial charge in [-0.15, -0.1) is 5.10 Å². The van der Waals surface area contributed by atoms with Crippen LogP contribution >= 0.6 is 0 Å². The first-order valence-corrected chi connectivity index (χ1v) is 11.9. The number of anilines is 1. The second kappa shape index (κ2) is 9.92. The van der Waals surface area contributed by atoms with Crippen molar-refractivity contribution >= 4 is 23.0 Å². The lowest BCUT2D eigenvalue weighted by Gasteiger charge is -2.25. The van der Waals surface area contributed by atoms with E-state index in [0.717, 1.165) is 43.0 Å². The number of nitrogens with one attached hydrogen (secondary N) is 1. The highest BCUT2D eigenvalue weighted by Gasteiger charge is 2.25. The zero-order valence-electron chi connectivity index (χ0n) is 19.7. The fourth-order valence-electron chi connectivity index (χ4n) is 4.68. The highest BCUT2D eigenvalue weighted by atomic mass is 16.1. The molecule has 0 amide bonds. The fourth-order valence-corrected chi connectivity index (χ4v) is 4.68. The highest BCUT2D eigenvalue weighted by molar-refractivity contribution is 5.77. The molecule has 0 unspecified atom stereocenters.